The number of nitro benzene ring substituents is 1. The Kier molecular flexibility index (Phi) is 4.34. The zero-order chi connectivity index (χ0) is 15.6. The summed E-state index contributed by atoms with van der Waals surface area (Å²) in [5.74, 6) is -1.24. The largest absolute Gasteiger partial charge is 0.366 e. The van der Waals surface area contributed by atoms with E-state index in [1.54, 1.807) is 5.38 Å². The van der Waals surface area contributed by atoms with Gasteiger partial charge in [0.1, 0.15) is 5.00 Å². The van der Waals surface area contributed by atoms with Crippen molar-refractivity contribution >= 4 is 49.8 Å². The fraction of sp³-hybridized carbons (Fsp3) is 0. The molecule has 21 heavy (non-hydrogen) atoms. The van der Waals surface area contributed by atoms with E-state index in [1.165, 1.54) is 18.2 Å². The Morgan fingerprint density at radius 1 is 1.29 bits per heavy atom. The van der Waals surface area contributed by atoms with Crippen LogP contribution < -0.4 is 11.1 Å². The maximum Gasteiger partial charge on any atom is 0.270 e. The lowest BCUT2D eigenvalue weighted by atomic mass is 10.2. The number of anilines is 1. The number of amides is 2. The van der Waals surface area contributed by atoms with Crippen LogP contribution in [0.4, 0.5) is 10.7 Å². The van der Waals surface area contributed by atoms with E-state index in [0.29, 0.717) is 9.47 Å². The number of halogens is 1. The number of non-ortho nitro benzene ring substituents is 1. The number of primary amides is 1. The number of thiophene rings is 1. The molecular formula is C12H8BrN3O4S. The van der Waals surface area contributed by atoms with Gasteiger partial charge in [0.2, 0.25) is 0 Å². The monoisotopic (exact) mass is 369 g/mol. The summed E-state index contributed by atoms with van der Waals surface area (Å²) in [5.41, 5.74) is 5.26. The first kappa shape index (κ1) is 15.1. The van der Waals surface area contributed by atoms with Crippen LogP contribution in [-0.4, -0.2) is 16.7 Å². The molecule has 0 aliphatic carbocycles. The van der Waals surface area contributed by atoms with Crippen molar-refractivity contribution in [2.75, 3.05) is 5.32 Å². The van der Waals surface area contributed by atoms with E-state index in [9.17, 15) is 19.7 Å². The summed E-state index contributed by atoms with van der Waals surface area (Å²) >= 11 is 4.30. The first-order valence-corrected chi connectivity index (χ1v) is 7.20. The molecule has 0 radical (unpaired) electrons. The number of carbonyl (C=O) groups is 2. The Labute approximate surface area is 131 Å². The highest BCUT2D eigenvalue weighted by atomic mass is 79.9. The summed E-state index contributed by atoms with van der Waals surface area (Å²) in [7, 11) is 0. The molecule has 0 bridgehead atoms. The van der Waals surface area contributed by atoms with Crippen molar-refractivity contribution < 1.29 is 14.5 Å². The first-order valence-electron chi connectivity index (χ1n) is 5.52. The number of carbonyl (C=O) groups excluding carboxylic acids is 2. The van der Waals surface area contributed by atoms with Gasteiger partial charge in [-0.1, -0.05) is 0 Å². The summed E-state index contributed by atoms with van der Waals surface area (Å²) in [6, 6.07) is 5.33. The molecule has 0 saturated carbocycles. The Balaban J connectivity index is 2.32. The third-order valence-corrected chi connectivity index (χ3v) is 4.08. The Hall–Kier alpha value is -2.26. The molecule has 2 aromatic rings. The summed E-state index contributed by atoms with van der Waals surface area (Å²) in [6.45, 7) is 0. The number of nitro groups is 1. The van der Waals surface area contributed by atoms with Gasteiger partial charge in [-0.25, -0.2) is 0 Å². The Morgan fingerprint density at radius 2 is 2.00 bits per heavy atom. The predicted octanol–water partition coefficient (Wildman–Crippen LogP) is 2.77. The highest BCUT2D eigenvalue weighted by Crippen LogP contribution is 2.27. The fourth-order valence-electron chi connectivity index (χ4n) is 1.57. The molecule has 0 aliphatic heterocycles. The molecule has 0 aliphatic rings. The number of benzene rings is 1. The summed E-state index contributed by atoms with van der Waals surface area (Å²) in [5, 5.41) is 15.2. The van der Waals surface area contributed by atoms with E-state index < -0.39 is 16.7 Å². The van der Waals surface area contributed by atoms with Gasteiger partial charge < -0.3 is 11.1 Å². The number of nitrogens with one attached hydrogen (secondary N) is 1. The number of nitrogens with zero attached hydrogens (tertiary/aromatic N) is 1. The zero-order valence-electron chi connectivity index (χ0n) is 10.3. The first-order chi connectivity index (χ1) is 9.90. The maximum atomic E-state index is 12.2. The molecule has 0 fully saturated rings. The molecule has 2 rings (SSSR count). The van der Waals surface area contributed by atoms with Crippen LogP contribution in [-0.2, 0) is 0 Å². The van der Waals surface area contributed by atoms with Crippen molar-refractivity contribution in [2.45, 2.75) is 0 Å². The van der Waals surface area contributed by atoms with Crippen LogP contribution in [0.25, 0.3) is 0 Å². The molecule has 0 unspecified atom stereocenters. The van der Waals surface area contributed by atoms with Crippen molar-refractivity contribution in [1.82, 2.24) is 0 Å². The van der Waals surface area contributed by atoms with E-state index in [1.807, 2.05) is 0 Å². The van der Waals surface area contributed by atoms with Crippen LogP contribution in [0.2, 0.25) is 0 Å². The van der Waals surface area contributed by atoms with E-state index in [4.69, 9.17) is 5.73 Å². The van der Waals surface area contributed by atoms with Gasteiger partial charge in [0.25, 0.3) is 17.5 Å². The van der Waals surface area contributed by atoms with Crippen LogP contribution in [0.15, 0.2) is 34.1 Å². The third-order valence-electron chi connectivity index (χ3n) is 2.56. The molecule has 0 atom stereocenters. The molecule has 1 aromatic carbocycles. The number of hydrogen-bond donors (Lipinski definition) is 2. The molecule has 1 heterocycles. The molecule has 108 valence electrons. The van der Waals surface area contributed by atoms with Crippen molar-refractivity contribution in [3.05, 3.63) is 55.4 Å². The Bertz CT molecular complexity index is 744. The second kappa shape index (κ2) is 6.02. The highest BCUT2D eigenvalue weighted by Gasteiger charge is 2.18. The fourth-order valence-corrected chi connectivity index (χ4v) is 2.79. The van der Waals surface area contributed by atoms with Gasteiger partial charge in [-0.15, -0.1) is 11.3 Å². The van der Waals surface area contributed by atoms with E-state index >= 15 is 0 Å². The molecular weight excluding hydrogens is 362 g/mol. The second-order valence-electron chi connectivity index (χ2n) is 3.90. The SMILES string of the molecule is NC(=O)c1ccsc1NC(=O)c1cc([N+](=O)[O-])ccc1Br. The molecule has 3 N–H and O–H groups in total. The molecule has 1 aromatic heterocycles. The second-order valence-corrected chi connectivity index (χ2v) is 5.67. The third kappa shape index (κ3) is 3.26. The molecule has 7 nitrogen and oxygen atoms in total. The van der Waals surface area contributed by atoms with Crippen LogP contribution in [0.1, 0.15) is 20.7 Å². The van der Waals surface area contributed by atoms with Crippen LogP contribution >= 0.6 is 27.3 Å². The van der Waals surface area contributed by atoms with Crippen LogP contribution in [0.3, 0.4) is 0 Å². The van der Waals surface area contributed by atoms with Crippen LogP contribution in [0, 0.1) is 10.1 Å². The summed E-state index contributed by atoms with van der Waals surface area (Å²) in [4.78, 5) is 33.5. The van der Waals surface area contributed by atoms with Crippen LogP contribution in [0.5, 0.6) is 0 Å². The average molecular weight is 370 g/mol. The number of nitrogens with two attached hydrogens (primary N) is 1. The lowest BCUT2D eigenvalue weighted by Gasteiger charge is -2.06. The number of rotatable bonds is 4. The molecule has 0 saturated heterocycles. The van der Waals surface area contributed by atoms with E-state index in [-0.39, 0.29) is 16.8 Å². The molecule has 9 heteroatoms. The van der Waals surface area contributed by atoms with Crippen molar-refractivity contribution in [3.63, 3.8) is 0 Å². The van der Waals surface area contributed by atoms with Gasteiger partial charge >= 0.3 is 0 Å². The van der Waals surface area contributed by atoms with Crippen molar-refractivity contribution in [3.8, 4) is 0 Å². The van der Waals surface area contributed by atoms with E-state index in [0.717, 1.165) is 17.4 Å². The minimum absolute atomic E-state index is 0.0908. The minimum Gasteiger partial charge on any atom is -0.366 e. The van der Waals surface area contributed by atoms with Gasteiger partial charge in [-0.05, 0) is 33.4 Å². The van der Waals surface area contributed by atoms with Gasteiger partial charge in [-0.2, -0.15) is 0 Å². The molecule has 0 spiro atoms. The smallest absolute Gasteiger partial charge is 0.270 e. The minimum atomic E-state index is -0.662. The van der Waals surface area contributed by atoms with Gasteiger partial charge in [0, 0.05) is 16.6 Å². The van der Waals surface area contributed by atoms with Gasteiger partial charge in [0.15, 0.2) is 0 Å². The highest BCUT2D eigenvalue weighted by molar-refractivity contribution is 9.10. The quantitative estimate of drug-likeness (QED) is 0.636. The lowest BCUT2D eigenvalue weighted by molar-refractivity contribution is -0.384. The molecule has 2 amide bonds. The van der Waals surface area contributed by atoms with Crippen molar-refractivity contribution in [1.29, 1.82) is 0 Å². The lowest BCUT2D eigenvalue weighted by Crippen LogP contribution is -2.17. The maximum absolute atomic E-state index is 12.2. The van der Waals surface area contributed by atoms with Gasteiger partial charge in [-0.3, -0.25) is 19.7 Å². The summed E-state index contributed by atoms with van der Waals surface area (Å²) in [6.07, 6.45) is 0. The van der Waals surface area contributed by atoms with Crippen molar-refractivity contribution in [2.24, 2.45) is 5.73 Å². The topological polar surface area (TPSA) is 115 Å². The number of hydrogen-bond acceptors (Lipinski definition) is 5. The summed E-state index contributed by atoms with van der Waals surface area (Å²) < 4.78 is 0.405. The van der Waals surface area contributed by atoms with E-state index in [2.05, 4.69) is 21.2 Å². The zero-order valence-corrected chi connectivity index (χ0v) is 12.7. The van der Waals surface area contributed by atoms with Gasteiger partial charge in [0.05, 0.1) is 16.1 Å². The standard InChI is InChI=1S/C12H8BrN3O4S/c13-9-2-1-6(16(19)20)5-8(9)11(18)15-12-7(10(14)17)3-4-21-12/h1-5H,(H2,14,17)(H,15,18). The Morgan fingerprint density at radius 3 is 2.62 bits per heavy atom. The average Bonchev–Trinajstić information content (AvgIpc) is 2.87. The predicted molar refractivity (Wildman–Crippen MR) is 81.6 cm³/mol. The normalized spacial score (nSPS) is 10.1.